The van der Waals surface area contributed by atoms with Gasteiger partial charge in [-0.15, -0.1) is 0 Å². The predicted octanol–water partition coefficient (Wildman–Crippen LogP) is 12.9. The summed E-state index contributed by atoms with van der Waals surface area (Å²) in [5.41, 5.74) is 0. The van der Waals surface area contributed by atoms with E-state index < -0.39 is 0 Å². The molecule has 0 spiro atoms. The molecule has 0 aliphatic rings. The fourth-order valence-electron chi connectivity index (χ4n) is 3.40. The van der Waals surface area contributed by atoms with Crippen LogP contribution in [-0.2, 0) is 42.6 Å². The maximum Gasteiger partial charge on any atom is 0.290 e. The lowest BCUT2D eigenvalue weighted by molar-refractivity contribution is -0.0597. The van der Waals surface area contributed by atoms with Gasteiger partial charge in [-0.3, -0.25) is 0 Å². The van der Waals surface area contributed by atoms with Crippen LogP contribution in [0.1, 0.15) is 133 Å². The van der Waals surface area contributed by atoms with Crippen molar-refractivity contribution in [3.8, 4) is 0 Å². The fraction of sp³-hybridized carbons (Fsp3) is 0.500. The SMILES string of the molecule is CC/C=C\O/C(=C/CC)O/C(=C\CC)O/C(=C\CC)O/C(=C\CC)O/C(=C\CC)O/C(=C\CC)O/C(=C/CC)O/C(=C/CC)O/C(O)=C/CC. The maximum atomic E-state index is 10.1. The molecule has 50 heavy (non-hydrogen) atoms. The number of ether oxygens (including phenoxy) is 9. The molecule has 0 unspecified atom stereocenters. The maximum absolute atomic E-state index is 10.1. The van der Waals surface area contributed by atoms with Gasteiger partial charge in [0.25, 0.3) is 53.5 Å². The number of allylic oxidation sites excluding steroid dienone is 10. The summed E-state index contributed by atoms with van der Waals surface area (Å²) in [6.45, 7) is 19.5. The number of aliphatic hydroxyl groups is 1. The Morgan fingerprint density at radius 3 is 0.820 bits per heavy atom. The molecule has 0 bridgehead atoms. The van der Waals surface area contributed by atoms with Gasteiger partial charge in [0.2, 0.25) is 0 Å². The van der Waals surface area contributed by atoms with E-state index in [-0.39, 0.29) is 47.6 Å². The quantitative estimate of drug-likeness (QED) is 0.0792. The molecule has 0 saturated carbocycles. The summed E-state index contributed by atoms with van der Waals surface area (Å²) in [6.07, 6.45) is 25.4. The first kappa shape index (κ1) is 45.4. The third kappa shape index (κ3) is 22.1. The second kappa shape index (κ2) is 30.5. The highest BCUT2D eigenvalue weighted by Gasteiger charge is 2.18. The van der Waals surface area contributed by atoms with Crippen LogP contribution in [-0.4, -0.2) is 5.11 Å². The number of rotatable bonds is 28. The van der Waals surface area contributed by atoms with Gasteiger partial charge in [0.1, 0.15) is 0 Å². The zero-order valence-corrected chi connectivity index (χ0v) is 32.0. The Morgan fingerprint density at radius 2 is 0.560 bits per heavy atom. The van der Waals surface area contributed by atoms with Crippen molar-refractivity contribution < 1.29 is 47.7 Å². The van der Waals surface area contributed by atoms with Crippen LogP contribution in [0.5, 0.6) is 0 Å². The number of aliphatic hydroxyl groups excluding tert-OH is 1. The molecule has 10 heteroatoms. The summed E-state index contributed by atoms with van der Waals surface area (Å²) in [5, 5.41) is 10.1. The molecule has 0 fully saturated rings. The largest absolute Gasteiger partial charge is 0.481 e. The third-order valence-electron chi connectivity index (χ3n) is 5.47. The summed E-state index contributed by atoms with van der Waals surface area (Å²) >= 11 is 0. The van der Waals surface area contributed by atoms with Gasteiger partial charge in [0.15, 0.2) is 0 Å². The van der Waals surface area contributed by atoms with E-state index in [1.165, 1.54) is 6.08 Å². The molecule has 0 aliphatic carbocycles. The Balaban J connectivity index is 6.18. The minimum Gasteiger partial charge on any atom is -0.481 e. The van der Waals surface area contributed by atoms with Crippen molar-refractivity contribution in [2.75, 3.05) is 0 Å². The van der Waals surface area contributed by atoms with Crippen molar-refractivity contribution in [1.82, 2.24) is 0 Å². The average Bonchev–Trinajstić information content (AvgIpc) is 3.05. The van der Waals surface area contributed by atoms with Gasteiger partial charge in [-0.2, -0.15) is 0 Å². The zero-order valence-electron chi connectivity index (χ0n) is 32.0. The summed E-state index contributed by atoms with van der Waals surface area (Å²) in [5.74, 6) is 0.923. The molecule has 0 heterocycles. The van der Waals surface area contributed by atoms with Crippen LogP contribution in [0.2, 0.25) is 0 Å². The Kier molecular flexibility index (Phi) is 27.7. The molecule has 0 rings (SSSR count). The van der Waals surface area contributed by atoms with Crippen molar-refractivity contribution in [2.45, 2.75) is 133 Å². The fourth-order valence-corrected chi connectivity index (χ4v) is 3.40. The highest BCUT2D eigenvalue weighted by molar-refractivity contribution is 5.03. The first-order valence-electron chi connectivity index (χ1n) is 18.0. The molecule has 0 aromatic rings. The van der Waals surface area contributed by atoms with Crippen LogP contribution in [0, 0.1) is 0 Å². The van der Waals surface area contributed by atoms with E-state index in [0.29, 0.717) is 63.7 Å². The molecule has 0 aliphatic heterocycles. The predicted molar refractivity (Wildman–Crippen MR) is 197 cm³/mol. The van der Waals surface area contributed by atoms with Crippen molar-refractivity contribution in [3.05, 3.63) is 121 Å². The average molecular weight is 703 g/mol. The topological polar surface area (TPSA) is 103 Å². The molecule has 282 valence electrons. The summed E-state index contributed by atoms with van der Waals surface area (Å²) in [6, 6.07) is 0. The Hall–Kier alpha value is -4.60. The highest BCUT2D eigenvalue weighted by atomic mass is 16.8. The molecular weight excluding hydrogens is 640 g/mol. The molecule has 10 nitrogen and oxygen atoms in total. The van der Waals surface area contributed by atoms with Crippen LogP contribution in [0.25, 0.3) is 0 Å². The lowest BCUT2D eigenvalue weighted by Gasteiger charge is -2.19. The van der Waals surface area contributed by atoms with Crippen LogP contribution >= 0.6 is 0 Å². The molecule has 0 amide bonds. The number of hydrogen-bond acceptors (Lipinski definition) is 10. The van der Waals surface area contributed by atoms with Crippen molar-refractivity contribution in [2.24, 2.45) is 0 Å². The third-order valence-corrected chi connectivity index (χ3v) is 5.47. The van der Waals surface area contributed by atoms with Gasteiger partial charge < -0.3 is 47.7 Å². The first-order chi connectivity index (χ1) is 24.3. The van der Waals surface area contributed by atoms with E-state index in [1.54, 1.807) is 48.8 Å². The van der Waals surface area contributed by atoms with Crippen LogP contribution < -0.4 is 0 Å². The lowest BCUT2D eigenvalue weighted by Crippen LogP contribution is -2.08. The van der Waals surface area contributed by atoms with E-state index in [1.807, 2.05) is 81.4 Å². The van der Waals surface area contributed by atoms with E-state index in [0.717, 1.165) is 6.42 Å². The van der Waals surface area contributed by atoms with Crippen molar-refractivity contribution in [1.29, 1.82) is 0 Å². The Bertz CT molecular complexity index is 1240. The standard InChI is InChI=1S/C40H62O10/c1-11-21-31-42-33(23-13-3)44-35(25-15-5)46-37(27-17-7)48-39(29-19-9)50-40(30-20-10)49-38(28-18-8)47-36(26-16-6)45-34(24-14-4)43-32(41)22-12-2/h21-31,41H,11-20H2,1-10H3/b31-21-,32-22+,33-23-,34-24+,35-25+,36-26+,37-27+,38-28-,39-29+,40-30-. The molecular formula is C40H62O10. The van der Waals surface area contributed by atoms with Crippen LogP contribution in [0.4, 0.5) is 0 Å². The monoisotopic (exact) mass is 702 g/mol. The van der Waals surface area contributed by atoms with Gasteiger partial charge >= 0.3 is 0 Å². The second-order valence-corrected chi connectivity index (χ2v) is 10.1. The molecule has 1 N–H and O–H groups in total. The van der Waals surface area contributed by atoms with Gasteiger partial charge in [-0.05, 0) is 125 Å². The minimum absolute atomic E-state index is 0.0735. The Morgan fingerprint density at radius 1 is 0.320 bits per heavy atom. The molecule has 0 atom stereocenters. The van der Waals surface area contributed by atoms with Crippen LogP contribution in [0.15, 0.2) is 121 Å². The van der Waals surface area contributed by atoms with Gasteiger partial charge in [0, 0.05) is 0 Å². The van der Waals surface area contributed by atoms with E-state index in [9.17, 15) is 5.11 Å². The van der Waals surface area contributed by atoms with E-state index >= 15 is 0 Å². The zero-order chi connectivity index (χ0) is 37.4. The van der Waals surface area contributed by atoms with E-state index in [2.05, 4.69) is 0 Å². The normalized spacial score (nSPS) is 14.5. The molecule has 0 saturated heterocycles. The van der Waals surface area contributed by atoms with Gasteiger partial charge in [0.05, 0.1) is 6.26 Å². The molecule has 0 aromatic carbocycles. The number of hydrogen-bond donors (Lipinski definition) is 1. The smallest absolute Gasteiger partial charge is 0.290 e. The first-order valence-corrected chi connectivity index (χ1v) is 18.0. The van der Waals surface area contributed by atoms with Crippen LogP contribution in [0.3, 0.4) is 0 Å². The lowest BCUT2D eigenvalue weighted by atomic mass is 10.4. The van der Waals surface area contributed by atoms with Crippen molar-refractivity contribution in [3.63, 3.8) is 0 Å². The van der Waals surface area contributed by atoms with Gasteiger partial charge in [-0.25, -0.2) is 0 Å². The Labute approximate surface area is 301 Å². The second-order valence-electron chi connectivity index (χ2n) is 10.1. The van der Waals surface area contributed by atoms with Crippen molar-refractivity contribution >= 4 is 0 Å². The summed E-state index contributed by atoms with van der Waals surface area (Å²) in [7, 11) is 0. The molecule has 0 radical (unpaired) electrons. The minimum atomic E-state index is -0.264. The van der Waals surface area contributed by atoms with Gasteiger partial charge in [-0.1, -0.05) is 69.2 Å². The molecule has 0 aromatic heterocycles. The summed E-state index contributed by atoms with van der Waals surface area (Å²) < 4.78 is 53.5. The summed E-state index contributed by atoms with van der Waals surface area (Å²) in [4.78, 5) is 0. The highest BCUT2D eigenvalue weighted by Crippen LogP contribution is 2.25. The van der Waals surface area contributed by atoms with E-state index in [4.69, 9.17) is 42.6 Å².